The average molecular weight is 315 g/mol. The van der Waals surface area contributed by atoms with Crippen LogP contribution in [0.15, 0.2) is 22.7 Å². The van der Waals surface area contributed by atoms with Gasteiger partial charge in [0.15, 0.2) is 0 Å². The SMILES string of the molecule is COCCNCCCNCc1ccc(C)c(Br)c1. The predicted molar refractivity (Wildman–Crippen MR) is 79.9 cm³/mol. The smallest absolute Gasteiger partial charge is 0.0587 e. The molecule has 1 aromatic carbocycles. The Morgan fingerprint density at radius 3 is 2.67 bits per heavy atom. The van der Waals surface area contributed by atoms with Crippen LogP contribution in [0, 0.1) is 6.92 Å². The molecule has 0 aromatic heterocycles. The molecule has 4 heteroatoms. The second-order valence-electron chi connectivity index (χ2n) is 4.36. The van der Waals surface area contributed by atoms with Gasteiger partial charge in [-0.1, -0.05) is 28.1 Å². The molecule has 0 atom stereocenters. The summed E-state index contributed by atoms with van der Waals surface area (Å²) in [4.78, 5) is 0. The van der Waals surface area contributed by atoms with E-state index in [0.29, 0.717) is 0 Å². The van der Waals surface area contributed by atoms with Crippen LogP contribution in [0.25, 0.3) is 0 Å². The summed E-state index contributed by atoms with van der Waals surface area (Å²) in [5.41, 5.74) is 2.60. The lowest BCUT2D eigenvalue weighted by Gasteiger charge is -2.07. The first kappa shape index (κ1) is 15.6. The predicted octanol–water partition coefficient (Wildman–Crippen LogP) is 2.47. The van der Waals surface area contributed by atoms with E-state index in [1.54, 1.807) is 7.11 Å². The van der Waals surface area contributed by atoms with Crippen LogP contribution >= 0.6 is 15.9 Å². The summed E-state index contributed by atoms with van der Waals surface area (Å²) in [7, 11) is 1.73. The van der Waals surface area contributed by atoms with Crippen molar-refractivity contribution in [3.8, 4) is 0 Å². The molecule has 1 rings (SSSR count). The summed E-state index contributed by atoms with van der Waals surface area (Å²) >= 11 is 3.55. The number of aryl methyl sites for hydroxylation is 1. The summed E-state index contributed by atoms with van der Waals surface area (Å²) in [6.07, 6.45) is 1.14. The van der Waals surface area contributed by atoms with Crippen LogP contribution in [-0.4, -0.2) is 33.4 Å². The van der Waals surface area contributed by atoms with Crippen LogP contribution in [0.1, 0.15) is 17.5 Å². The first-order valence-electron chi connectivity index (χ1n) is 6.39. The van der Waals surface area contributed by atoms with Gasteiger partial charge in [-0.05, 0) is 43.6 Å². The number of nitrogens with one attached hydrogen (secondary N) is 2. The Kier molecular flexibility index (Phi) is 8.25. The number of halogens is 1. The molecule has 0 saturated heterocycles. The fraction of sp³-hybridized carbons (Fsp3) is 0.571. The number of ether oxygens (including phenoxy) is 1. The van der Waals surface area contributed by atoms with Crippen molar-refractivity contribution in [2.75, 3.05) is 33.4 Å². The van der Waals surface area contributed by atoms with Gasteiger partial charge in [-0.15, -0.1) is 0 Å². The Labute approximate surface area is 118 Å². The van der Waals surface area contributed by atoms with Crippen molar-refractivity contribution in [3.05, 3.63) is 33.8 Å². The minimum Gasteiger partial charge on any atom is -0.383 e. The van der Waals surface area contributed by atoms with Gasteiger partial charge in [-0.2, -0.15) is 0 Å². The van der Waals surface area contributed by atoms with E-state index >= 15 is 0 Å². The molecule has 2 N–H and O–H groups in total. The van der Waals surface area contributed by atoms with E-state index in [9.17, 15) is 0 Å². The number of benzene rings is 1. The Bertz CT molecular complexity index is 345. The maximum absolute atomic E-state index is 4.97. The zero-order chi connectivity index (χ0) is 13.2. The number of hydrogen-bond donors (Lipinski definition) is 2. The molecule has 0 heterocycles. The second-order valence-corrected chi connectivity index (χ2v) is 5.21. The molecule has 0 spiro atoms. The van der Waals surface area contributed by atoms with Gasteiger partial charge < -0.3 is 15.4 Å². The van der Waals surface area contributed by atoms with Gasteiger partial charge in [0.25, 0.3) is 0 Å². The molecular weight excluding hydrogens is 292 g/mol. The molecule has 1 aromatic rings. The van der Waals surface area contributed by atoms with Gasteiger partial charge in [0.1, 0.15) is 0 Å². The molecule has 18 heavy (non-hydrogen) atoms. The topological polar surface area (TPSA) is 33.3 Å². The van der Waals surface area contributed by atoms with Crippen molar-refractivity contribution in [2.24, 2.45) is 0 Å². The molecular formula is C14H23BrN2O. The molecule has 3 nitrogen and oxygen atoms in total. The minimum atomic E-state index is 0.783. The Hall–Kier alpha value is -0.420. The highest BCUT2D eigenvalue weighted by Crippen LogP contribution is 2.17. The molecule has 0 radical (unpaired) electrons. The van der Waals surface area contributed by atoms with Gasteiger partial charge in [-0.25, -0.2) is 0 Å². The minimum absolute atomic E-state index is 0.783. The van der Waals surface area contributed by atoms with E-state index in [1.807, 2.05) is 0 Å². The number of rotatable bonds is 9. The maximum atomic E-state index is 4.97. The summed E-state index contributed by atoms with van der Waals surface area (Å²) in [6.45, 7) is 6.82. The highest BCUT2D eigenvalue weighted by Gasteiger charge is 1.97. The third-order valence-electron chi connectivity index (χ3n) is 2.76. The second kappa shape index (κ2) is 9.50. The van der Waals surface area contributed by atoms with Crippen LogP contribution in [0.4, 0.5) is 0 Å². The fourth-order valence-electron chi connectivity index (χ4n) is 1.62. The Morgan fingerprint density at radius 1 is 1.17 bits per heavy atom. The zero-order valence-corrected chi connectivity index (χ0v) is 12.8. The third-order valence-corrected chi connectivity index (χ3v) is 3.61. The first-order chi connectivity index (χ1) is 8.74. The number of hydrogen-bond acceptors (Lipinski definition) is 3. The lowest BCUT2D eigenvalue weighted by molar-refractivity contribution is 0.199. The monoisotopic (exact) mass is 314 g/mol. The molecule has 0 amide bonds. The highest BCUT2D eigenvalue weighted by molar-refractivity contribution is 9.10. The summed E-state index contributed by atoms with van der Waals surface area (Å²) < 4.78 is 6.15. The van der Waals surface area contributed by atoms with Gasteiger partial charge >= 0.3 is 0 Å². The van der Waals surface area contributed by atoms with E-state index in [4.69, 9.17) is 4.74 Å². The summed E-state index contributed by atoms with van der Waals surface area (Å²) in [5, 5.41) is 6.78. The molecule has 0 saturated carbocycles. The van der Waals surface area contributed by atoms with Crippen LogP contribution < -0.4 is 10.6 Å². The third kappa shape index (κ3) is 6.50. The normalized spacial score (nSPS) is 10.8. The van der Waals surface area contributed by atoms with Crippen LogP contribution in [0.2, 0.25) is 0 Å². The van der Waals surface area contributed by atoms with Gasteiger partial charge in [0.05, 0.1) is 6.61 Å². The largest absolute Gasteiger partial charge is 0.383 e. The average Bonchev–Trinajstić information content (AvgIpc) is 2.37. The van der Waals surface area contributed by atoms with Crippen molar-refractivity contribution >= 4 is 15.9 Å². The van der Waals surface area contributed by atoms with Crippen molar-refractivity contribution < 1.29 is 4.74 Å². The zero-order valence-electron chi connectivity index (χ0n) is 11.3. The van der Waals surface area contributed by atoms with Crippen molar-refractivity contribution in [3.63, 3.8) is 0 Å². The lowest BCUT2D eigenvalue weighted by atomic mass is 10.1. The van der Waals surface area contributed by atoms with Crippen molar-refractivity contribution in [1.82, 2.24) is 10.6 Å². The van der Waals surface area contributed by atoms with Crippen LogP contribution in [0.5, 0.6) is 0 Å². The molecule has 0 aliphatic rings. The van der Waals surface area contributed by atoms with E-state index in [-0.39, 0.29) is 0 Å². The van der Waals surface area contributed by atoms with Gasteiger partial charge in [0.2, 0.25) is 0 Å². The van der Waals surface area contributed by atoms with E-state index in [2.05, 4.69) is 51.7 Å². The Morgan fingerprint density at radius 2 is 1.94 bits per heavy atom. The quantitative estimate of drug-likeness (QED) is 0.687. The lowest BCUT2D eigenvalue weighted by Crippen LogP contribution is -2.24. The fourth-order valence-corrected chi connectivity index (χ4v) is 2.04. The van der Waals surface area contributed by atoms with E-state index in [0.717, 1.165) is 39.2 Å². The highest BCUT2D eigenvalue weighted by atomic mass is 79.9. The van der Waals surface area contributed by atoms with Crippen LogP contribution in [0.3, 0.4) is 0 Å². The molecule has 0 bridgehead atoms. The number of methoxy groups -OCH3 is 1. The molecule has 102 valence electrons. The van der Waals surface area contributed by atoms with Gasteiger partial charge in [0, 0.05) is 24.7 Å². The molecule has 0 aliphatic carbocycles. The van der Waals surface area contributed by atoms with Gasteiger partial charge in [-0.3, -0.25) is 0 Å². The molecule has 0 fully saturated rings. The van der Waals surface area contributed by atoms with E-state index < -0.39 is 0 Å². The molecule has 0 unspecified atom stereocenters. The standard InChI is InChI=1S/C14H23BrN2O/c1-12-4-5-13(10-14(12)15)11-17-7-3-6-16-8-9-18-2/h4-5,10,16-17H,3,6-9,11H2,1-2H3. The summed E-state index contributed by atoms with van der Waals surface area (Å²) in [6, 6.07) is 6.50. The van der Waals surface area contributed by atoms with Crippen LogP contribution in [-0.2, 0) is 11.3 Å². The molecule has 0 aliphatic heterocycles. The summed E-state index contributed by atoms with van der Waals surface area (Å²) in [5.74, 6) is 0. The van der Waals surface area contributed by atoms with Crippen molar-refractivity contribution in [1.29, 1.82) is 0 Å². The maximum Gasteiger partial charge on any atom is 0.0587 e. The van der Waals surface area contributed by atoms with E-state index in [1.165, 1.54) is 15.6 Å². The Balaban J connectivity index is 2.05. The van der Waals surface area contributed by atoms with Crippen molar-refractivity contribution in [2.45, 2.75) is 19.9 Å². The first-order valence-corrected chi connectivity index (χ1v) is 7.18.